The molecule has 136 valence electrons. The van der Waals surface area contributed by atoms with Gasteiger partial charge in [0.1, 0.15) is 5.78 Å². The highest BCUT2D eigenvalue weighted by atomic mass is 32.2. The first-order chi connectivity index (χ1) is 11.3. The number of ketones is 1. The molecule has 0 aliphatic heterocycles. The van der Waals surface area contributed by atoms with Crippen LogP contribution < -0.4 is 0 Å². The van der Waals surface area contributed by atoms with Gasteiger partial charge in [-0.1, -0.05) is 44.0 Å². The fraction of sp³-hybridized carbons (Fsp3) is 0.650. The summed E-state index contributed by atoms with van der Waals surface area (Å²) in [6, 6.07) is 8.31. The van der Waals surface area contributed by atoms with Gasteiger partial charge in [-0.2, -0.15) is 0 Å². The molecule has 0 heterocycles. The number of carbonyl (C=O) groups is 1. The summed E-state index contributed by atoms with van der Waals surface area (Å²) in [5.74, 6) is 0.479. The number of unbranched alkanes of at least 4 members (excludes halogenated alkanes) is 3. The quantitative estimate of drug-likeness (QED) is 0.520. The first-order valence-electron chi connectivity index (χ1n) is 9.16. The van der Waals surface area contributed by atoms with Crippen molar-refractivity contribution in [2.75, 3.05) is 5.75 Å². The van der Waals surface area contributed by atoms with Crippen LogP contribution in [0.25, 0.3) is 0 Å². The second-order valence-electron chi connectivity index (χ2n) is 6.87. The summed E-state index contributed by atoms with van der Waals surface area (Å²) in [7, 11) is -2.94. The van der Waals surface area contributed by atoms with Crippen molar-refractivity contribution >= 4 is 15.6 Å². The molecule has 0 atom stereocenters. The van der Waals surface area contributed by atoms with E-state index in [1.54, 1.807) is 13.8 Å². The van der Waals surface area contributed by atoms with E-state index >= 15 is 0 Å². The molecular weight excluding hydrogens is 320 g/mol. The zero-order valence-corrected chi connectivity index (χ0v) is 16.2. The molecule has 0 fully saturated rings. The molecular formula is C20H32O3S. The number of hydrogen-bond donors (Lipinski definition) is 0. The van der Waals surface area contributed by atoms with Gasteiger partial charge in [0.15, 0.2) is 9.84 Å². The number of sulfone groups is 1. The van der Waals surface area contributed by atoms with E-state index in [0.29, 0.717) is 19.3 Å². The number of aryl methyl sites for hydroxylation is 1. The van der Waals surface area contributed by atoms with Crippen molar-refractivity contribution in [3.63, 3.8) is 0 Å². The van der Waals surface area contributed by atoms with Gasteiger partial charge in [0.2, 0.25) is 0 Å². The molecule has 3 nitrogen and oxygen atoms in total. The van der Waals surface area contributed by atoms with Gasteiger partial charge < -0.3 is 0 Å². The lowest BCUT2D eigenvalue weighted by molar-refractivity contribution is -0.118. The molecule has 0 amide bonds. The number of carbonyl (C=O) groups excluding carboxylic acids is 1. The molecule has 4 heteroatoms. The molecule has 0 unspecified atom stereocenters. The predicted molar refractivity (Wildman–Crippen MR) is 101 cm³/mol. The van der Waals surface area contributed by atoms with E-state index in [1.165, 1.54) is 18.4 Å². The third kappa shape index (κ3) is 8.09. The van der Waals surface area contributed by atoms with E-state index < -0.39 is 9.84 Å². The van der Waals surface area contributed by atoms with Crippen LogP contribution >= 0.6 is 0 Å². The van der Waals surface area contributed by atoms with Crippen LogP contribution in [0.4, 0.5) is 0 Å². The average Bonchev–Trinajstić information content (AvgIpc) is 2.52. The molecule has 1 rings (SSSR count). The molecule has 0 saturated carbocycles. The van der Waals surface area contributed by atoms with Crippen molar-refractivity contribution in [1.82, 2.24) is 0 Å². The number of rotatable bonds is 12. The third-order valence-electron chi connectivity index (χ3n) is 4.31. The first-order valence-corrected chi connectivity index (χ1v) is 10.9. The maximum Gasteiger partial charge on any atom is 0.152 e. The third-order valence-corrected chi connectivity index (χ3v) is 6.61. The fourth-order valence-electron chi connectivity index (χ4n) is 2.63. The molecule has 1 aromatic carbocycles. The Morgan fingerprint density at radius 3 is 2.42 bits per heavy atom. The minimum atomic E-state index is -2.94. The highest BCUT2D eigenvalue weighted by Crippen LogP contribution is 2.12. The van der Waals surface area contributed by atoms with Gasteiger partial charge in [0.25, 0.3) is 0 Å². The lowest BCUT2D eigenvalue weighted by Gasteiger charge is -2.07. The van der Waals surface area contributed by atoms with Gasteiger partial charge in [-0.05, 0) is 50.7 Å². The highest BCUT2D eigenvalue weighted by Gasteiger charge is 2.15. The van der Waals surface area contributed by atoms with Crippen LogP contribution in [0.5, 0.6) is 0 Å². The second-order valence-corrected chi connectivity index (χ2v) is 9.54. The maximum atomic E-state index is 12.1. The molecule has 0 aromatic heterocycles. The molecule has 0 radical (unpaired) electrons. The van der Waals surface area contributed by atoms with Gasteiger partial charge in [-0.3, -0.25) is 4.79 Å². The molecule has 24 heavy (non-hydrogen) atoms. The zero-order chi connectivity index (χ0) is 18.0. The van der Waals surface area contributed by atoms with Crippen LogP contribution in [0.15, 0.2) is 24.3 Å². The molecule has 0 N–H and O–H groups in total. The maximum absolute atomic E-state index is 12.1. The van der Waals surface area contributed by atoms with E-state index in [9.17, 15) is 13.2 Å². The normalized spacial score (nSPS) is 11.8. The molecule has 0 aliphatic carbocycles. The zero-order valence-electron chi connectivity index (χ0n) is 15.4. The fourth-order valence-corrected chi connectivity index (χ4v) is 3.71. The van der Waals surface area contributed by atoms with E-state index in [0.717, 1.165) is 24.8 Å². The molecule has 0 bridgehead atoms. The Bertz CT molecular complexity index is 603. The highest BCUT2D eigenvalue weighted by molar-refractivity contribution is 7.91. The lowest BCUT2D eigenvalue weighted by atomic mass is 10.0. The van der Waals surface area contributed by atoms with E-state index in [4.69, 9.17) is 0 Å². The first kappa shape index (κ1) is 20.9. The summed E-state index contributed by atoms with van der Waals surface area (Å²) in [6.45, 7) is 5.61. The minimum absolute atomic E-state index is 0.234. The Kier molecular flexibility index (Phi) is 9.27. The van der Waals surface area contributed by atoms with Gasteiger partial charge in [-0.15, -0.1) is 0 Å². The van der Waals surface area contributed by atoms with E-state index in [2.05, 4.69) is 19.1 Å². The molecule has 0 aliphatic rings. The van der Waals surface area contributed by atoms with Gasteiger partial charge >= 0.3 is 0 Å². The van der Waals surface area contributed by atoms with Crippen molar-refractivity contribution in [3.8, 4) is 0 Å². The largest absolute Gasteiger partial charge is 0.299 e. The van der Waals surface area contributed by atoms with E-state index in [-0.39, 0.29) is 16.8 Å². The smallest absolute Gasteiger partial charge is 0.152 e. The lowest BCUT2D eigenvalue weighted by Crippen LogP contribution is -2.17. The molecule has 0 spiro atoms. The predicted octanol–water partition coefficient (Wildman–Crippen LogP) is 4.52. The summed E-state index contributed by atoms with van der Waals surface area (Å²) >= 11 is 0. The van der Waals surface area contributed by atoms with Crippen LogP contribution in [-0.2, 0) is 27.5 Å². The van der Waals surface area contributed by atoms with Crippen molar-refractivity contribution in [2.24, 2.45) is 0 Å². The topological polar surface area (TPSA) is 51.2 Å². The number of hydrogen-bond acceptors (Lipinski definition) is 3. The van der Waals surface area contributed by atoms with Crippen molar-refractivity contribution in [1.29, 1.82) is 0 Å². The monoisotopic (exact) mass is 352 g/mol. The summed E-state index contributed by atoms with van der Waals surface area (Å²) in [6.07, 6.45) is 6.69. The summed E-state index contributed by atoms with van der Waals surface area (Å²) in [4.78, 5) is 12.1. The van der Waals surface area contributed by atoms with Crippen LogP contribution in [0.1, 0.15) is 70.4 Å². The van der Waals surface area contributed by atoms with Crippen LogP contribution in [0, 0.1) is 0 Å². The average molecular weight is 353 g/mol. The standard InChI is InChI=1S/C20H32O3S/c1-4-5-10-18-11-9-12-19(15-18)16-20(21)13-7-6-8-14-24(22,23)17(2)3/h9,11-12,15,17H,4-8,10,13-14,16H2,1-3H3. The summed E-state index contributed by atoms with van der Waals surface area (Å²) in [5, 5.41) is -0.306. The molecule has 1 aromatic rings. The van der Waals surface area contributed by atoms with Crippen LogP contribution in [-0.4, -0.2) is 25.2 Å². The van der Waals surface area contributed by atoms with E-state index in [1.807, 2.05) is 12.1 Å². The number of Topliss-reactive ketones (excluding diaryl/α,β-unsaturated/α-hetero) is 1. The van der Waals surface area contributed by atoms with Crippen LogP contribution in [0.3, 0.4) is 0 Å². The van der Waals surface area contributed by atoms with Crippen molar-refractivity contribution in [3.05, 3.63) is 35.4 Å². The second kappa shape index (κ2) is 10.7. The Labute approximate surface area is 147 Å². The summed E-state index contributed by atoms with van der Waals surface area (Å²) in [5.41, 5.74) is 2.40. The van der Waals surface area contributed by atoms with Crippen molar-refractivity contribution < 1.29 is 13.2 Å². The van der Waals surface area contributed by atoms with Crippen molar-refractivity contribution in [2.45, 2.75) is 77.4 Å². The Morgan fingerprint density at radius 2 is 1.75 bits per heavy atom. The number of benzene rings is 1. The Balaban J connectivity index is 2.29. The SMILES string of the molecule is CCCCc1cccc(CC(=O)CCCCCS(=O)(=O)C(C)C)c1. The summed E-state index contributed by atoms with van der Waals surface area (Å²) < 4.78 is 23.4. The van der Waals surface area contributed by atoms with Crippen LogP contribution in [0.2, 0.25) is 0 Å². The van der Waals surface area contributed by atoms with Gasteiger partial charge in [0.05, 0.1) is 11.0 Å². The molecule has 0 saturated heterocycles. The Morgan fingerprint density at radius 1 is 1.04 bits per heavy atom. The van der Waals surface area contributed by atoms with Gasteiger partial charge in [-0.25, -0.2) is 8.42 Å². The minimum Gasteiger partial charge on any atom is -0.299 e. The van der Waals surface area contributed by atoms with Gasteiger partial charge in [0, 0.05) is 12.8 Å². The Hall–Kier alpha value is -1.16.